The second-order valence-electron chi connectivity index (χ2n) is 6.21. The number of pyridine rings is 1. The Morgan fingerprint density at radius 3 is 2.57 bits per heavy atom. The van der Waals surface area contributed by atoms with Crippen molar-refractivity contribution in [3.8, 4) is 22.5 Å². The standard InChI is InChI=1S/C21H15N5S2/c1-26-11-10-23-21(26)28-20-17-16(14-6-3-2-4-7-14)13-27-19(17)24-18(25-20)15-8-5-9-22-12-15/h2-13H,1H3. The molecule has 0 bridgehead atoms. The number of hydrogen-bond donors (Lipinski definition) is 0. The molecule has 4 heterocycles. The molecule has 4 aromatic heterocycles. The maximum absolute atomic E-state index is 4.91. The van der Waals surface area contributed by atoms with Gasteiger partial charge in [0.25, 0.3) is 0 Å². The monoisotopic (exact) mass is 401 g/mol. The fourth-order valence-corrected chi connectivity index (χ4v) is 4.92. The second kappa shape index (κ2) is 7.18. The molecule has 0 atom stereocenters. The summed E-state index contributed by atoms with van der Waals surface area (Å²) in [6.45, 7) is 0. The lowest BCUT2D eigenvalue weighted by Crippen LogP contribution is -1.95. The highest BCUT2D eigenvalue weighted by Gasteiger charge is 2.18. The number of benzene rings is 1. The molecule has 5 rings (SSSR count). The third-order valence-corrected chi connectivity index (χ3v) is 6.31. The van der Waals surface area contributed by atoms with E-state index >= 15 is 0 Å². The van der Waals surface area contributed by atoms with Crippen LogP contribution in [0.1, 0.15) is 0 Å². The average Bonchev–Trinajstić information content (AvgIpc) is 3.36. The van der Waals surface area contributed by atoms with Gasteiger partial charge in [0.1, 0.15) is 9.86 Å². The van der Waals surface area contributed by atoms with Crippen molar-refractivity contribution in [2.75, 3.05) is 0 Å². The van der Waals surface area contributed by atoms with E-state index in [1.807, 2.05) is 36.0 Å². The number of rotatable bonds is 4. The van der Waals surface area contributed by atoms with Crippen molar-refractivity contribution in [3.63, 3.8) is 0 Å². The molecule has 136 valence electrons. The van der Waals surface area contributed by atoms with Gasteiger partial charge in [-0.3, -0.25) is 4.98 Å². The van der Waals surface area contributed by atoms with Gasteiger partial charge in [0, 0.05) is 48.3 Å². The lowest BCUT2D eigenvalue weighted by atomic mass is 10.1. The maximum Gasteiger partial charge on any atom is 0.174 e. The molecular formula is C21H15N5S2. The highest BCUT2D eigenvalue weighted by Crippen LogP contribution is 2.41. The van der Waals surface area contributed by atoms with Crippen molar-refractivity contribution in [2.45, 2.75) is 10.2 Å². The molecule has 0 unspecified atom stereocenters. The number of hydrogen-bond acceptors (Lipinski definition) is 6. The minimum atomic E-state index is 0.679. The summed E-state index contributed by atoms with van der Waals surface area (Å²) in [4.78, 5) is 19.4. The van der Waals surface area contributed by atoms with Crippen molar-refractivity contribution in [1.29, 1.82) is 0 Å². The van der Waals surface area contributed by atoms with E-state index in [1.54, 1.807) is 41.7 Å². The zero-order valence-electron chi connectivity index (χ0n) is 15.0. The van der Waals surface area contributed by atoms with E-state index in [2.05, 4.69) is 39.6 Å². The number of nitrogens with zero attached hydrogens (tertiary/aromatic N) is 5. The van der Waals surface area contributed by atoms with Crippen molar-refractivity contribution in [2.24, 2.45) is 7.05 Å². The Bertz CT molecular complexity index is 1250. The molecule has 0 spiro atoms. The first-order chi connectivity index (χ1) is 13.8. The molecule has 0 aliphatic carbocycles. The summed E-state index contributed by atoms with van der Waals surface area (Å²) in [6.07, 6.45) is 7.29. The summed E-state index contributed by atoms with van der Waals surface area (Å²) in [5, 5.41) is 5.02. The first-order valence-corrected chi connectivity index (χ1v) is 10.4. The summed E-state index contributed by atoms with van der Waals surface area (Å²) in [5.74, 6) is 0.679. The van der Waals surface area contributed by atoms with Crippen LogP contribution in [0.25, 0.3) is 32.7 Å². The van der Waals surface area contributed by atoms with Crippen molar-refractivity contribution >= 4 is 33.3 Å². The van der Waals surface area contributed by atoms with Gasteiger partial charge in [-0.15, -0.1) is 11.3 Å². The van der Waals surface area contributed by atoms with Crippen LogP contribution < -0.4 is 0 Å². The summed E-state index contributed by atoms with van der Waals surface area (Å²) in [5.41, 5.74) is 3.21. The van der Waals surface area contributed by atoms with Gasteiger partial charge in [0.15, 0.2) is 11.0 Å². The van der Waals surface area contributed by atoms with Gasteiger partial charge in [-0.25, -0.2) is 15.0 Å². The molecule has 7 heteroatoms. The Hall–Kier alpha value is -3.03. The molecule has 0 saturated heterocycles. The SMILES string of the molecule is Cn1ccnc1Sc1nc(-c2cccnc2)nc2scc(-c3ccccc3)c12. The average molecular weight is 402 g/mol. The Morgan fingerprint density at radius 2 is 1.82 bits per heavy atom. The third kappa shape index (κ3) is 3.08. The lowest BCUT2D eigenvalue weighted by molar-refractivity contribution is 0.789. The van der Waals surface area contributed by atoms with Crippen molar-refractivity contribution < 1.29 is 0 Å². The number of aryl methyl sites for hydroxylation is 1. The van der Waals surface area contributed by atoms with E-state index in [1.165, 1.54) is 0 Å². The van der Waals surface area contributed by atoms with Crippen molar-refractivity contribution in [1.82, 2.24) is 24.5 Å². The first kappa shape index (κ1) is 17.1. The van der Waals surface area contributed by atoms with Gasteiger partial charge in [-0.1, -0.05) is 30.3 Å². The maximum atomic E-state index is 4.91. The molecule has 0 aliphatic heterocycles. The molecule has 0 radical (unpaired) electrons. The van der Waals surface area contributed by atoms with Gasteiger partial charge in [-0.2, -0.15) is 0 Å². The highest BCUT2D eigenvalue weighted by molar-refractivity contribution is 7.99. The van der Waals surface area contributed by atoms with Gasteiger partial charge < -0.3 is 4.57 Å². The van der Waals surface area contributed by atoms with Crippen LogP contribution in [0.5, 0.6) is 0 Å². The fourth-order valence-electron chi connectivity index (χ4n) is 2.97. The van der Waals surface area contributed by atoms with Gasteiger partial charge in [-0.05, 0) is 29.5 Å². The Morgan fingerprint density at radius 1 is 0.964 bits per heavy atom. The smallest absolute Gasteiger partial charge is 0.174 e. The molecule has 5 nitrogen and oxygen atoms in total. The molecule has 0 fully saturated rings. The Balaban J connectivity index is 1.74. The van der Waals surface area contributed by atoms with E-state index in [0.29, 0.717) is 5.82 Å². The van der Waals surface area contributed by atoms with E-state index in [0.717, 1.165) is 37.1 Å². The van der Waals surface area contributed by atoms with Gasteiger partial charge >= 0.3 is 0 Å². The van der Waals surface area contributed by atoms with Gasteiger partial charge in [0.05, 0.1) is 5.39 Å². The molecule has 0 aliphatic rings. The molecule has 0 saturated carbocycles. The predicted molar refractivity (Wildman–Crippen MR) is 113 cm³/mol. The molecule has 0 N–H and O–H groups in total. The van der Waals surface area contributed by atoms with Crippen LogP contribution in [-0.4, -0.2) is 24.5 Å². The lowest BCUT2D eigenvalue weighted by Gasteiger charge is -2.08. The van der Waals surface area contributed by atoms with E-state index in [-0.39, 0.29) is 0 Å². The normalized spacial score (nSPS) is 11.2. The summed E-state index contributed by atoms with van der Waals surface area (Å²) in [6, 6.07) is 14.2. The van der Waals surface area contributed by atoms with Crippen LogP contribution in [0.3, 0.4) is 0 Å². The first-order valence-electron chi connectivity index (χ1n) is 8.70. The van der Waals surface area contributed by atoms with Crippen LogP contribution in [0, 0.1) is 0 Å². The number of imidazole rings is 1. The highest BCUT2D eigenvalue weighted by atomic mass is 32.2. The third-order valence-electron chi connectivity index (χ3n) is 4.37. The van der Waals surface area contributed by atoms with E-state index in [4.69, 9.17) is 9.97 Å². The topological polar surface area (TPSA) is 56.5 Å². The summed E-state index contributed by atoms with van der Waals surface area (Å²) in [7, 11) is 1.99. The zero-order valence-corrected chi connectivity index (χ0v) is 16.6. The Labute approximate surface area is 170 Å². The molecule has 5 aromatic rings. The van der Waals surface area contributed by atoms with Crippen LogP contribution in [0.4, 0.5) is 0 Å². The quantitative estimate of drug-likeness (QED) is 0.382. The summed E-state index contributed by atoms with van der Waals surface area (Å²) >= 11 is 3.20. The van der Waals surface area contributed by atoms with E-state index < -0.39 is 0 Å². The molecular weight excluding hydrogens is 386 g/mol. The zero-order chi connectivity index (χ0) is 18.9. The van der Waals surface area contributed by atoms with Crippen LogP contribution in [0.2, 0.25) is 0 Å². The minimum Gasteiger partial charge on any atom is -0.329 e. The van der Waals surface area contributed by atoms with Crippen LogP contribution in [0.15, 0.2) is 82.8 Å². The summed E-state index contributed by atoms with van der Waals surface area (Å²) < 4.78 is 2.00. The minimum absolute atomic E-state index is 0.679. The van der Waals surface area contributed by atoms with E-state index in [9.17, 15) is 0 Å². The number of fused-ring (bicyclic) bond motifs is 1. The molecule has 0 amide bonds. The fraction of sp³-hybridized carbons (Fsp3) is 0.0476. The molecule has 1 aromatic carbocycles. The second-order valence-corrected chi connectivity index (χ2v) is 8.03. The number of aromatic nitrogens is 5. The predicted octanol–water partition coefficient (Wildman–Crippen LogP) is 5.31. The molecule has 28 heavy (non-hydrogen) atoms. The van der Waals surface area contributed by atoms with Crippen LogP contribution >= 0.6 is 23.1 Å². The van der Waals surface area contributed by atoms with Crippen molar-refractivity contribution in [3.05, 3.63) is 72.6 Å². The Kier molecular flexibility index (Phi) is 4.38. The van der Waals surface area contributed by atoms with Gasteiger partial charge in [0.2, 0.25) is 0 Å². The largest absolute Gasteiger partial charge is 0.329 e. The van der Waals surface area contributed by atoms with Crippen LogP contribution in [-0.2, 0) is 7.05 Å². The number of thiophene rings is 1.